The SMILES string of the molecule is Cc1cc(CN(C)C(=O)Nc2cccc3cnccc23)no1. The van der Waals surface area contributed by atoms with Crippen LogP contribution in [0.2, 0.25) is 0 Å². The fraction of sp³-hybridized carbons (Fsp3) is 0.188. The van der Waals surface area contributed by atoms with Crippen molar-refractivity contribution in [2.75, 3.05) is 12.4 Å². The molecule has 0 saturated heterocycles. The molecular weight excluding hydrogens is 280 g/mol. The number of hydrogen-bond donors (Lipinski definition) is 1. The molecule has 112 valence electrons. The van der Waals surface area contributed by atoms with Crippen LogP contribution in [0.15, 0.2) is 47.2 Å². The number of urea groups is 1. The van der Waals surface area contributed by atoms with Crippen LogP contribution >= 0.6 is 0 Å². The molecule has 0 spiro atoms. The lowest BCUT2D eigenvalue weighted by Crippen LogP contribution is -2.31. The highest BCUT2D eigenvalue weighted by atomic mass is 16.5. The van der Waals surface area contributed by atoms with E-state index in [1.807, 2.05) is 37.3 Å². The third kappa shape index (κ3) is 2.90. The topological polar surface area (TPSA) is 71.3 Å². The van der Waals surface area contributed by atoms with Crippen molar-refractivity contribution >= 4 is 22.5 Å². The minimum Gasteiger partial charge on any atom is -0.361 e. The number of benzene rings is 1. The number of hydrogen-bond acceptors (Lipinski definition) is 4. The summed E-state index contributed by atoms with van der Waals surface area (Å²) < 4.78 is 5.01. The van der Waals surface area contributed by atoms with Crippen molar-refractivity contribution in [3.63, 3.8) is 0 Å². The van der Waals surface area contributed by atoms with E-state index >= 15 is 0 Å². The van der Waals surface area contributed by atoms with Crippen molar-refractivity contribution in [2.45, 2.75) is 13.5 Å². The first-order valence-corrected chi connectivity index (χ1v) is 6.90. The summed E-state index contributed by atoms with van der Waals surface area (Å²) in [4.78, 5) is 17.9. The Bertz CT molecular complexity index is 807. The fourth-order valence-electron chi connectivity index (χ4n) is 2.25. The lowest BCUT2D eigenvalue weighted by atomic mass is 10.1. The standard InChI is InChI=1S/C16H16N4O2/c1-11-8-13(19-22-11)10-20(2)16(21)18-15-5-3-4-12-9-17-7-6-14(12)15/h3-9H,10H2,1-2H3,(H,18,21). The highest BCUT2D eigenvalue weighted by Crippen LogP contribution is 2.22. The van der Waals surface area contributed by atoms with E-state index < -0.39 is 0 Å². The summed E-state index contributed by atoms with van der Waals surface area (Å²) in [7, 11) is 1.71. The number of nitrogens with one attached hydrogen (secondary N) is 1. The molecule has 1 aromatic carbocycles. The zero-order chi connectivity index (χ0) is 15.5. The van der Waals surface area contributed by atoms with Crippen LogP contribution in [0, 0.1) is 6.92 Å². The Balaban J connectivity index is 1.75. The third-order valence-electron chi connectivity index (χ3n) is 3.34. The van der Waals surface area contributed by atoms with Gasteiger partial charge in [0.25, 0.3) is 0 Å². The molecule has 2 aromatic heterocycles. The third-order valence-corrected chi connectivity index (χ3v) is 3.34. The van der Waals surface area contributed by atoms with Gasteiger partial charge in [-0.1, -0.05) is 17.3 Å². The van der Waals surface area contributed by atoms with Crippen molar-refractivity contribution < 1.29 is 9.32 Å². The summed E-state index contributed by atoms with van der Waals surface area (Å²) in [5.74, 6) is 0.727. The van der Waals surface area contributed by atoms with E-state index in [2.05, 4.69) is 15.5 Å². The predicted molar refractivity (Wildman–Crippen MR) is 83.5 cm³/mol. The zero-order valence-corrected chi connectivity index (χ0v) is 12.4. The average molecular weight is 296 g/mol. The summed E-state index contributed by atoms with van der Waals surface area (Å²) in [5, 5.41) is 8.74. The smallest absolute Gasteiger partial charge is 0.321 e. The number of pyridine rings is 1. The molecule has 6 nitrogen and oxygen atoms in total. The Labute approximate surface area is 127 Å². The number of aryl methyl sites for hydroxylation is 1. The second kappa shape index (κ2) is 5.85. The van der Waals surface area contributed by atoms with Crippen molar-refractivity contribution in [1.29, 1.82) is 0 Å². The number of nitrogens with zero attached hydrogens (tertiary/aromatic N) is 3. The van der Waals surface area contributed by atoms with Gasteiger partial charge in [0.05, 0.1) is 12.2 Å². The van der Waals surface area contributed by atoms with Crippen LogP contribution in [0.5, 0.6) is 0 Å². The molecule has 0 bridgehead atoms. The van der Waals surface area contributed by atoms with E-state index in [0.717, 1.165) is 27.9 Å². The van der Waals surface area contributed by atoms with Gasteiger partial charge in [0.2, 0.25) is 0 Å². The molecule has 22 heavy (non-hydrogen) atoms. The van der Waals surface area contributed by atoms with Crippen LogP contribution in [0.25, 0.3) is 10.8 Å². The van der Waals surface area contributed by atoms with E-state index in [0.29, 0.717) is 6.54 Å². The number of carbonyl (C=O) groups is 1. The molecule has 0 aliphatic rings. The quantitative estimate of drug-likeness (QED) is 0.805. The molecule has 0 radical (unpaired) electrons. The number of amides is 2. The van der Waals surface area contributed by atoms with Gasteiger partial charge >= 0.3 is 6.03 Å². The first kappa shape index (κ1) is 14.1. The maximum absolute atomic E-state index is 12.3. The number of anilines is 1. The lowest BCUT2D eigenvalue weighted by molar-refractivity contribution is 0.219. The number of fused-ring (bicyclic) bond motifs is 1. The van der Waals surface area contributed by atoms with Crippen LogP contribution in [-0.2, 0) is 6.54 Å². The minimum absolute atomic E-state index is 0.204. The van der Waals surface area contributed by atoms with Gasteiger partial charge in [0.15, 0.2) is 0 Å². The van der Waals surface area contributed by atoms with E-state index in [-0.39, 0.29) is 6.03 Å². The lowest BCUT2D eigenvalue weighted by Gasteiger charge is -2.17. The molecule has 0 aliphatic carbocycles. The molecule has 3 aromatic rings. The van der Waals surface area contributed by atoms with Crippen molar-refractivity contribution in [1.82, 2.24) is 15.0 Å². The van der Waals surface area contributed by atoms with Gasteiger partial charge in [-0.25, -0.2) is 4.79 Å². The molecule has 0 aliphatic heterocycles. The molecule has 6 heteroatoms. The fourth-order valence-corrected chi connectivity index (χ4v) is 2.25. The maximum atomic E-state index is 12.3. The van der Waals surface area contributed by atoms with Gasteiger partial charge in [0, 0.05) is 36.3 Å². The second-order valence-electron chi connectivity index (χ2n) is 5.12. The van der Waals surface area contributed by atoms with Crippen molar-refractivity contribution in [2.24, 2.45) is 0 Å². The van der Waals surface area contributed by atoms with Gasteiger partial charge < -0.3 is 14.7 Å². The Hall–Kier alpha value is -2.89. The van der Waals surface area contributed by atoms with E-state index in [4.69, 9.17) is 4.52 Å². The molecule has 2 amide bonds. The summed E-state index contributed by atoms with van der Waals surface area (Å²) >= 11 is 0. The first-order chi connectivity index (χ1) is 10.6. The summed E-state index contributed by atoms with van der Waals surface area (Å²) in [6.07, 6.45) is 3.48. The van der Waals surface area contributed by atoms with Gasteiger partial charge in [-0.15, -0.1) is 0 Å². The van der Waals surface area contributed by atoms with Crippen LogP contribution in [0.3, 0.4) is 0 Å². The van der Waals surface area contributed by atoms with Gasteiger partial charge in [0.1, 0.15) is 11.5 Å². The van der Waals surface area contributed by atoms with Crippen LogP contribution in [0.1, 0.15) is 11.5 Å². The minimum atomic E-state index is -0.204. The van der Waals surface area contributed by atoms with Crippen LogP contribution < -0.4 is 5.32 Å². The van der Waals surface area contributed by atoms with Gasteiger partial charge in [-0.2, -0.15) is 0 Å². The van der Waals surface area contributed by atoms with E-state index in [1.165, 1.54) is 0 Å². The molecule has 3 rings (SSSR count). The Kier molecular flexibility index (Phi) is 3.74. The van der Waals surface area contributed by atoms with Crippen LogP contribution in [-0.4, -0.2) is 28.1 Å². The normalized spacial score (nSPS) is 10.6. The average Bonchev–Trinajstić information content (AvgIpc) is 2.92. The predicted octanol–water partition coefficient (Wildman–Crippen LogP) is 3.20. The zero-order valence-electron chi connectivity index (χ0n) is 12.4. The highest BCUT2D eigenvalue weighted by molar-refractivity contribution is 6.01. The Morgan fingerprint density at radius 3 is 3.00 bits per heavy atom. The Morgan fingerprint density at radius 2 is 2.23 bits per heavy atom. The maximum Gasteiger partial charge on any atom is 0.321 e. The number of aromatic nitrogens is 2. The van der Waals surface area contributed by atoms with Gasteiger partial charge in [-0.3, -0.25) is 4.98 Å². The molecule has 0 fully saturated rings. The highest BCUT2D eigenvalue weighted by Gasteiger charge is 2.12. The molecule has 1 N–H and O–H groups in total. The monoisotopic (exact) mass is 296 g/mol. The Morgan fingerprint density at radius 1 is 1.36 bits per heavy atom. The molecular formula is C16H16N4O2. The molecule has 0 unspecified atom stereocenters. The summed E-state index contributed by atoms with van der Waals surface area (Å²) in [6, 6.07) is 9.21. The first-order valence-electron chi connectivity index (χ1n) is 6.90. The number of carbonyl (C=O) groups excluding carboxylic acids is 1. The molecule has 0 atom stereocenters. The van der Waals surface area contributed by atoms with E-state index in [9.17, 15) is 4.79 Å². The van der Waals surface area contributed by atoms with Crippen molar-refractivity contribution in [3.8, 4) is 0 Å². The molecule has 2 heterocycles. The summed E-state index contributed by atoms with van der Waals surface area (Å²) in [5.41, 5.74) is 1.48. The van der Waals surface area contributed by atoms with Crippen molar-refractivity contribution in [3.05, 3.63) is 54.2 Å². The van der Waals surface area contributed by atoms with Crippen LogP contribution in [0.4, 0.5) is 10.5 Å². The molecule has 0 saturated carbocycles. The number of rotatable bonds is 3. The largest absolute Gasteiger partial charge is 0.361 e. The summed E-state index contributed by atoms with van der Waals surface area (Å²) in [6.45, 7) is 2.20. The second-order valence-corrected chi connectivity index (χ2v) is 5.12. The van der Waals surface area contributed by atoms with E-state index in [1.54, 1.807) is 24.3 Å². The van der Waals surface area contributed by atoms with Gasteiger partial charge in [-0.05, 0) is 19.1 Å².